The number of primary sulfonamides is 1. The van der Waals surface area contributed by atoms with Gasteiger partial charge in [-0.15, -0.1) is 0 Å². The Hall–Kier alpha value is -1.15. The molecular formula is C12H18N2O4S. The average molecular weight is 286 g/mol. The van der Waals surface area contributed by atoms with Gasteiger partial charge in [-0.1, -0.05) is 6.07 Å². The summed E-state index contributed by atoms with van der Waals surface area (Å²) in [7, 11) is -0.412. The highest BCUT2D eigenvalue weighted by Gasteiger charge is 2.24. The Morgan fingerprint density at radius 2 is 2.21 bits per heavy atom. The SMILES string of the molecule is COc1ccc(C2COCCN2C)cc1S(N)(=O)=O. The molecule has 106 valence electrons. The topological polar surface area (TPSA) is 81.9 Å². The van der Waals surface area contributed by atoms with Crippen molar-refractivity contribution in [2.45, 2.75) is 10.9 Å². The second-order valence-electron chi connectivity index (χ2n) is 4.53. The Labute approximate surface area is 113 Å². The minimum absolute atomic E-state index is 0.00599. The van der Waals surface area contributed by atoms with Gasteiger partial charge in [0.25, 0.3) is 0 Å². The molecule has 0 bridgehead atoms. The molecule has 1 atom stereocenters. The van der Waals surface area contributed by atoms with Gasteiger partial charge in [-0.25, -0.2) is 13.6 Å². The molecule has 7 heteroatoms. The van der Waals surface area contributed by atoms with Crippen LogP contribution in [0.4, 0.5) is 0 Å². The smallest absolute Gasteiger partial charge is 0.241 e. The molecule has 2 rings (SSSR count). The lowest BCUT2D eigenvalue weighted by atomic mass is 10.1. The highest BCUT2D eigenvalue weighted by Crippen LogP contribution is 2.29. The van der Waals surface area contributed by atoms with Gasteiger partial charge in [0.05, 0.1) is 26.4 Å². The van der Waals surface area contributed by atoms with Crippen molar-refractivity contribution in [3.05, 3.63) is 23.8 Å². The fourth-order valence-corrected chi connectivity index (χ4v) is 2.89. The molecule has 1 aromatic rings. The number of methoxy groups -OCH3 is 1. The molecule has 19 heavy (non-hydrogen) atoms. The maximum Gasteiger partial charge on any atom is 0.241 e. The van der Waals surface area contributed by atoms with Gasteiger partial charge < -0.3 is 9.47 Å². The van der Waals surface area contributed by atoms with Crippen molar-refractivity contribution < 1.29 is 17.9 Å². The van der Waals surface area contributed by atoms with Gasteiger partial charge in [0.15, 0.2) is 0 Å². The van der Waals surface area contributed by atoms with Crippen LogP contribution < -0.4 is 9.88 Å². The third-order valence-electron chi connectivity index (χ3n) is 3.28. The molecule has 1 aromatic carbocycles. The Kier molecular flexibility index (Phi) is 4.10. The highest BCUT2D eigenvalue weighted by molar-refractivity contribution is 7.89. The van der Waals surface area contributed by atoms with Crippen LogP contribution in [0.25, 0.3) is 0 Å². The summed E-state index contributed by atoms with van der Waals surface area (Å²) in [5, 5.41) is 5.21. The standard InChI is InChI=1S/C12H18N2O4S/c1-14-5-6-18-8-10(14)9-3-4-11(17-2)12(7-9)19(13,15)16/h3-4,7,10H,5-6,8H2,1-2H3,(H2,13,15,16). The van der Waals surface area contributed by atoms with E-state index in [1.54, 1.807) is 12.1 Å². The van der Waals surface area contributed by atoms with Crippen LogP contribution in [0.1, 0.15) is 11.6 Å². The molecule has 0 radical (unpaired) electrons. The van der Waals surface area contributed by atoms with Gasteiger partial charge in [0.1, 0.15) is 10.6 Å². The molecular weight excluding hydrogens is 268 g/mol. The molecule has 0 aliphatic carbocycles. The second kappa shape index (κ2) is 5.46. The average Bonchev–Trinajstić information content (AvgIpc) is 2.37. The third kappa shape index (κ3) is 3.06. The molecule has 1 aliphatic rings. The lowest BCUT2D eigenvalue weighted by Crippen LogP contribution is -2.36. The minimum Gasteiger partial charge on any atom is -0.495 e. The van der Waals surface area contributed by atoms with Crippen molar-refractivity contribution in [2.24, 2.45) is 5.14 Å². The first kappa shape index (κ1) is 14.3. The molecule has 0 saturated carbocycles. The van der Waals surface area contributed by atoms with Gasteiger partial charge in [0.2, 0.25) is 10.0 Å². The maximum absolute atomic E-state index is 11.6. The van der Waals surface area contributed by atoms with Gasteiger partial charge in [-0.05, 0) is 24.7 Å². The predicted molar refractivity (Wildman–Crippen MR) is 70.6 cm³/mol. The van der Waals surface area contributed by atoms with E-state index in [9.17, 15) is 8.42 Å². The van der Waals surface area contributed by atoms with E-state index in [-0.39, 0.29) is 16.7 Å². The maximum atomic E-state index is 11.6. The normalized spacial score (nSPS) is 21.3. The van der Waals surface area contributed by atoms with Crippen LogP contribution in [0, 0.1) is 0 Å². The lowest BCUT2D eigenvalue weighted by molar-refractivity contribution is 0.00496. The van der Waals surface area contributed by atoms with Gasteiger partial charge >= 0.3 is 0 Å². The summed E-state index contributed by atoms with van der Waals surface area (Å²) < 4.78 is 33.6. The minimum atomic E-state index is -3.81. The Balaban J connectivity index is 2.43. The zero-order valence-corrected chi connectivity index (χ0v) is 11.8. The third-order valence-corrected chi connectivity index (χ3v) is 4.21. The fourth-order valence-electron chi connectivity index (χ4n) is 2.16. The van der Waals surface area contributed by atoms with Crippen LogP contribution in [0.2, 0.25) is 0 Å². The van der Waals surface area contributed by atoms with Crippen molar-refractivity contribution >= 4 is 10.0 Å². The lowest BCUT2D eigenvalue weighted by Gasteiger charge is -2.32. The van der Waals surface area contributed by atoms with E-state index < -0.39 is 10.0 Å². The summed E-state index contributed by atoms with van der Waals surface area (Å²) in [5.74, 6) is 0.255. The highest BCUT2D eigenvalue weighted by atomic mass is 32.2. The van der Waals surface area contributed by atoms with Gasteiger partial charge in [0, 0.05) is 6.54 Å². The van der Waals surface area contributed by atoms with Gasteiger partial charge in [-0.2, -0.15) is 0 Å². The Morgan fingerprint density at radius 1 is 1.47 bits per heavy atom. The molecule has 1 aliphatic heterocycles. The molecule has 1 saturated heterocycles. The monoisotopic (exact) mass is 286 g/mol. The van der Waals surface area contributed by atoms with E-state index in [0.29, 0.717) is 13.2 Å². The molecule has 0 aromatic heterocycles. The van der Waals surface area contributed by atoms with Crippen LogP contribution in [-0.2, 0) is 14.8 Å². The fraction of sp³-hybridized carbons (Fsp3) is 0.500. The number of morpholine rings is 1. The predicted octanol–water partition coefficient (Wildman–Crippen LogP) is 0.346. The van der Waals surface area contributed by atoms with E-state index in [0.717, 1.165) is 12.1 Å². The van der Waals surface area contributed by atoms with Crippen LogP contribution in [0.3, 0.4) is 0 Å². The van der Waals surface area contributed by atoms with E-state index in [2.05, 4.69) is 4.90 Å². The van der Waals surface area contributed by atoms with Crippen LogP contribution in [0.15, 0.2) is 23.1 Å². The summed E-state index contributed by atoms with van der Waals surface area (Å²) in [6, 6.07) is 5.05. The van der Waals surface area contributed by atoms with Crippen LogP contribution >= 0.6 is 0 Å². The first-order valence-corrected chi connectivity index (χ1v) is 7.47. The summed E-state index contributed by atoms with van der Waals surface area (Å²) in [4.78, 5) is 2.13. The summed E-state index contributed by atoms with van der Waals surface area (Å²) in [5.41, 5.74) is 0.854. The number of nitrogens with zero attached hydrogens (tertiary/aromatic N) is 1. The number of hydrogen-bond donors (Lipinski definition) is 1. The van der Waals surface area contributed by atoms with Crippen molar-refractivity contribution in [2.75, 3.05) is 33.9 Å². The van der Waals surface area contributed by atoms with E-state index in [4.69, 9.17) is 14.6 Å². The van der Waals surface area contributed by atoms with E-state index >= 15 is 0 Å². The van der Waals surface area contributed by atoms with Crippen molar-refractivity contribution in [3.8, 4) is 5.75 Å². The number of benzene rings is 1. The molecule has 0 spiro atoms. The molecule has 2 N–H and O–H groups in total. The second-order valence-corrected chi connectivity index (χ2v) is 6.06. The number of sulfonamides is 1. The van der Waals surface area contributed by atoms with E-state index in [1.165, 1.54) is 7.11 Å². The summed E-state index contributed by atoms with van der Waals surface area (Å²) in [6.45, 7) is 2.03. The van der Waals surface area contributed by atoms with Gasteiger partial charge in [-0.3, -0.25) is 4.90 Å². The largest absolute Gasteiger partial charge is 0.495 e. The first-order valence-electron chi connectivity index (χ1n) is 5.92. The van der Waals surface area contributed by atoms with Crippen molar-refractivity contribution in [1.29, 1.82) is 0 Å². The summed E-state index contributed by atoms with van der Waals surface area (Å²) >= 11 is 0. The number of rotatable bonds is 3. The van der Waals surface area contributed by atoms with Crippen molar-refractivity contribution in [3.63, 3.8) is 0 Å². The van der Waals surface area contributed by atoms with Crippen LogP contribution in [0.5, 0.6) is 5.75 Å². The Morgan fingerprint density at radius 3 is 2.79 bits per heavy atom. The van der Waals surface area contributed by atoms with Crippen molar-refractivity contribution in [1.82, 2.24) is 4.90 Å². The Bertz CT molecular complexity index is 559. The molecule has 0 amide bonds. The number of hydrogen-bond acceptors (Lipinski definition) is 5. The zero-order chi connectivity index (χ0) is 14.0. The first-order chi connectivity index (χ1) is 8.93. The number of ether oxygens (including phenoxy) is 2. The molecule has 1 fully saturated rings. The van der Waals surface area contributed by atoms with Crippen LogP contribution in [-0.4, -0.2) is 47.2 Å². The molecule has 1 heterocycles. The quantitative estimate of drug-likeness (QED) is 0.867. The van der Waals surface area contributed by atoms with E-state index in [1.807, 2.05) is 13.1 Å². The molecule has 1 unspecified atom stereocenters. The number of likely N-dealkylation sites (N-methyl/N-ethyl adjacent to an activating group) is 1. The molecule has 6 nitrogen and oxygen atoms in total. The summed E-state index contributed by atoms with van der Waals surface area (Å²) in [6.07, 6.45) is 0. The zero-order valence-electron chi connectivity index (χ0n) is 11.0. The number of nitrogens with two attached hydrogens (primary N) is 1.